The number of nitrogens with one attached hydrogen (secondary N) is 1. The molecule has 0 aliphatic heterocycles. The molecule has 9 heteroatoms. The molecule has 0 saturated carbocycles. The second-order valence-electron chi connectivity index (χ2n) is 6.78. The first kappa shape index (κ1) is 19.4. The molecule has 0 aromatic carbocycles. The second-order valence-corrected chi connectivity index (χ2v) is 9.58. The maximum Gasteiger partial charge on any atom is 0.236 e. The van der Waals surface area contributed by atoms with Gasteiger partial charge in [0.1, 0.15) is 0 Å². The van der Waals surface area contributed by atoms with Crippen LogP contribution in [0.4, 0.5) is 5.13 Å². The van der Waals surface area contributed by atoms with E-state index in [1.165, 1.54) is 45.5 Å². The number of carbonyl (C=O) groups excluding carboxylic acids is 1. The van der Waals surface area contributed by atoms with Gasteiger partial charge in [-0.2, -0.15) is 0 Å². The fourth-order valence-corrected chi connectivity index (χ4v) is 5.86. The highest BCUT2D eigenvalue weighted by atomic mass is 32.2. The molecule has 28 heavy (non-hydrogen) atoms. The Morgan fingerprint density at radius 1 is 1.46 bits per heavy atom. The zero-order valence-corrected chi connectivity index (χ0v) is 18.0. The van der Waals surface area contributed by atoms with E-state index in [-0.39, 0.29) is 11.7 Å². The maximum atomic E-state index is 12.2. The number of fused-ring (bicyclic) bond motifs is 1. The Kier molecular flexibility index (Phi) is 5.93. The molecule has 6 nitrogen and oxygen atoms in total. The summed E-state index contributed by atoms with van der Waals surface area (Å²) in [5.74, 6) is 1.77. The summed E-state index contributed by atoms with van der Waals surface area (Å²) >= 11 is 4.61. The predicted molar refractivity (Wildman–Crippen MR) is 116 cm³/mol. The fourth-order valence-electron chi connectivity index (χ4n) is 3.32. The van der Waals surface area contributed by atoms with E-state index in [0.717, 1.165) is 29.7 Å². The van der Waals surface area contributed by atoms with Crippen LogP contribution in [0.3, 0.4) is 0 Å². The van der Waals surface area contributed by atoms with Crippen LogP contribution in [0.25, 0.3) is 11.4 Å². The molecule has 0 unspecified atom stereocenters. The van der Waals surface area contributed by atoms with Crippen molar-refractivity contribution in [3.63, 3.8) is 0 Å². The van der Waals surface area contributed by atoms with Crippen molar-refractivity contribution in [3.05, 3.63) is 40.1 Å². The summed E-state index contributed by atoms with van der Waals surface area (Å²) in [6.07, 6.45) is 6.96. The lowest BCUT2D eigenvalue weighted by Gasteiger charge is -2.19. The maximum absolute atomic E-state index is 12.2. The Labute approximate surface area is 176 Å². The number of thiophene rings is 1. The fraction of sp³-hybridized carbons (Fsp3) is 0.368. The number of amides is 1. The molecule has 3 aromatic rings. The number of thioether (sulfide) groups is 1. The predicted octanol–water partition coefficient (Wildman–Crippen LogP) is 4.50. The summed E-state index contributed by atoms with van der Waals surface area (Å²) in [5.41, 5.74) is 2.60. The zero-order valence-electron chi connectivity index (χ0n) is 15.6. The van der Waals surface area contributed by atoms with Gasteiger partial charge in [0.2, 0.25) is 5.91 Å². The van der Waals surface area contributed by atoms with Gasteiger partial charge < -0.3 is 5.32 Å². The molecule has 1 amide bonds. The normalized spacial score (nSPS) is 16.0. The number of hydrogen-bond donors (Lipinski definition) is 1. The van der Waals surface area contributed by atoms with Gasteiger partial charge in [0, 0.05) is 33.9 Å². The van der Waals surface area contributed by atoms with Gasteiger partial charge in [-0.1, -0.05) is 24.8 Å². The Morgan fingerprint density at radius 2 is 2.36 bits per heavy atom. The van der Waals surface area contributed by atoms with Gasteiger partial charge in [0.05, 0.1) is 5.75 Å². The number of carbonyl (C=O) groups is 1. The Morgan fingerprint density at radius 3 is 3.14 bits per heavy atom. The summed E-state index contributed by atoms with van der Waals surface area (Å²) in [4.78, 5) is 17.7. The highest BCUT2D eigenvalue weighted by Crippen LogP contribution is 2.38. The molecule has 1 aliphatic carbocycles. The lowest BCUT2D eigenvalue weighted by atomic mass is 9.88. The molecular weight excluding hydrogens is 410 g/mol. The average molecular weight is 432 g/mol. The molecule has 0 spiro atoms. The first-order valence-electron chi connectivity index (χ1n) is 9.11. The lowest BCUT2D eigenvalue weighted by Crippen LogP contribution is -2.14. The van der Waals surface area contributed by atoms with E-state index in [1.54, 1.807) is 6.20 Å². The van der Waals surface area contributed by atoms with Crippen molar-refractivity contribution in [2.75, 3.05) is 11.1 Å². The number of hydrogen-bond acceptors (Lipinski definition) is 7. The van der Waals surface area contributed by atoms with Crippen molar-refractivity contribution in [3.8, 4) is 11.4 Å². The Hall–Kier alpha value is -1.97. The highest BCUT2D eigenvalue weighted by Gasteiger charge is 2.24. The number of rotatable bonds is 7. The quantitative estimate of drug-likeness (QED) is 0.440. The van der Waals surface area contributed by atoms with Crippen molar-refractivity contribution in [1.29, 1.82) is 0 Å². The third-order valence-corrected chi connectivity index (χ3v) is 7.39. The molecule has 1 atom stereocenters. The van der Waals surface area contributed by atoms with Crippen LogP contribution in [0, 0.1) is 5.92 Å². The van der Waals surface area contributed by atoms with Crippen molar-refractivity contribution in [2.24, 2.45) is 5.92 Å². The largest absolute Gasteiger partial charge is 0.301 e. The van der Waals surface area contributed by atoms with E-state index in [0.29, 0.717) is 11.7 Å². The summed E-state index contributed by atoms with van der Waals surface area (Å²) in [7, 11) is 0. The Balaban J connectivity index is 1.53. The van der Waals surface area contributed by atoms with Crippen LogP contribution in [-0.4, -0.2) is 31.4 Å². The van der Waals surface area contributed by atoms with Gasteiger partial charge in [-0.25, -0.2) is 4.98 Å². The van der Waals surface area contributed by atoms with Crippen LogP contribution in [0.5, 0.6) is 0 Å². The Bertz CT molecular complexity index is 976. The average Bonchev–Trinajstić information content (AvgIpc) is 3.40. The van der Waals surface area contributed by atoms with Crippen molar-refractivity contribution >= 4 is 45.5 Å². The highest BCUT2D eigenvalue weighted by molar-refractivity contribution is 7.99. The first-order chi connectivity index (χ1) is 13.7. The van der Waals surface area contributed by atoms with Crippen LogP contribution < -0.4 is 5.32 Å². The van der Waals surface area contributed by atoms with E-state index in [2.05, 4.69) is 43.9 Å². The molecule has 0 bridgehead atoms. The molecule has 0 radical (unpaired) electrons. The molecule has 0 saturated heterocycles. The van der Waals surface area contributed by atoms with E-state index < -0.39 is 0 Å². The van der Waals surface area contributed by atoms with Crippen LogP contribution in [-0.2, 0) is 24.2 Å². The van der Waals surface area contributed by atoms with Crippen LogP contribution in [0.1, 0.15) is 23.8 Å². The first-order valence-corrected chi connectivity index (χ1v) is 11.9. The molecule has 0 fully saturated rings. The third kappa shape index (κ3) is 4.06. The van der Waals surface area contributed by atoms with Gasteiger partial charge in [0.25, 0.3) is 0 Å². The third-order valence-electron chi connectivity index (χ3n) is 4.68. The SMILES string of the molecule is C=CCn1c(SCC(=O)Nc2nccs2)nnc1-c1csc2c1CC[C@@H](C)C2. The minimum atomic E-state index is -0.100. The summed E-state index contributed by atoms with van der Waals surface area (Å²) in [6, 6.07) is 0. The number of allylic oxidation sites excluding steroid dienone is 1. The van der Waals surface area contributed by atoms with Crippen molar-refractivity contribution in [2.45, 2.75) is 37.9 Å². The van der Waals surface area contributed by atoms with E-state index in [9.17, 15) is 4.79 Å². The van der Waals surface area contributed by atoms with Gasteiger partial charge in [-0.15, -0.1) is 39.4 Å². The topological polar surface area (TPSA) is 72.7 Å². The molecule has 4 rings (SSSR count). The van der Waals surface area contributed by atoms with Gasteiger partial charge in [-0.05, 0) is 30.7 Å². The number of nitrogens with zero attached hydrogens (tertiary/aromatic N) is 4. The van der Waals surface area contributed by atoms with Crippen molar-refractivity contribution < 1.29 is 4.79 Å². The van der Waals surface area contributed by atoms with Gasteiger partial charge >= 0.3 is 0 Å². The second kappa shape index (κ2) is 8.59. The molecule has 3 heterocycles. The summed E-state index contributed by atoms with van der Waals surface area (Å²) in [6.45, 7) is 6.80. The number of thiazole rings is 1. The van der Waals surface area contributed by atoms with Crippen LogP contribution >= 0.6 is 34.4 Å². The van der Waals surface area contributed by atoms with Gasteiger partial charge in [-0.3, -0.25) is 9.36 Å². The van der Waals surface area contributed by atoms with Crippen LogP contribution in [0.2, 0.25) is 0 Å². The molecule has 1 N–H and O–H groups in total. The van der Waals surface area contributed by atoms with E-state index >= 15 is 0 Å². The summed E-state index contributed by atoms with van der Waals surface area (Å²) in [5, 5.41) is 17.0. The van der Waals surface area contributed by atoms with Crippen LogP contribution in [0.15, 0.2) is 34.8 Å². The summed E-state index contributed by atoms with van der Waals surface area (Å²) < 4.78 is 2.05. The molecule has 3 aromatic heterocycles. The monoisotopic (exact) mass is 431 g/mol. The number of aromatic nitrogens is 4. The standard InChI is InChI=1S/C19H21N5OS3/c1-3-7-24-17(14-10-27-15-9-12(2)4-5-13(14)15)22-23-19(24)28-11-16(25)21-18-20-6-8-26-18/h3,6,8,10,12H,1,4-5,7,9,11H2,2H3,(H,20,21,25)/t12-/m1/s1. The zero-order chi connectivity index (χ0) is 19.5. The van der Waals surface area contributed by atoms with E-state index in [4.69, 9.17) is 0 Å². The van der Waals surface area contributed by atoms with E-state index in [1.807, 2.05) is 22.8 Å². The van der Waals surface area contributed by atoms with Crippen molar-refractivity contribution in [1.82, 2.24) is 19.7 Å². The van der Waals surface area contributed by atoms with Gasteiger partial charge in [0.15, 0.2) is 16.1 Å². The minimum absolute atomic E-state index is 0.100. The smallest absolute Gasteiger partial charge is 0.236 e. The lowest BCUT2D eigenvalue weighted by molar-refractivity contribution is -0.113. The number of anilines is 1. The molecular formula is C19H21N5OS3. The minimum Gasteiger partial charge on any atom is -0.301 e. The molecule has 1 aliphatic rings. The molecule has 146 valence electrons.